The van der Waals surface area contributed by atoms with Crippen molar-refractivity contribution >= 4 is 11.0 Å². The van der Waals surface area contributed by atoms with Crippen molar-refractivity contribution in [1.82, 2.24) is 14.0 Å². The van der Waals surface area contributed by atoms with Gasteiger partial charge in [0.25, 0.3) is 0 Å². The number of nitrogens with zero attached hydrogens (tertiary/aromatic N) is 3. The molecule has 0 amide bonds. The number of para-hydroxylation sites is 4. The maximum absolute atomic E-state index is 13.7. The van der Waals surface area contributed by atoms with Crippen molar-refractivity contribution in [3.8, 4) is 17.2 Å². The molecule has 1 aromatic heterocycles. The SMILES string of the molecule is COc1ccccc1Oc1cccc(CN2CCC(n3c(=O)n(Cc4ccccc4)c4ccccc43)CC2)c1. The van der Waals surface area contributed by atoms with Gasteiger partial charge < -0.3 is 9.47 Å². The van der Waals surface area contributed by atoms with Gasteiger partial charge in [-0.25, -0.2) is 4.79 Å². The fourth-order valence-corrected chi connectivity index (χ4v) is 5.64. The van der Waals surface area contributed by atoms with Gasteiger partial charge in [-0.1, -0.05) is 66.7 Å². The standard InChI is InChI=1S/C33H33N3O3/c1-38-31-16-7-8-17-32(31)39-28-13-9-12-26(22-28)23-34-20-18-27(19-21-34)36-30-15-6-5-14-29(30)35(33(36)37)24-25-10-3-2-4-11-25/h2-17,22,27H,18-21,23-24H2,1H3. The van der Waals surface area contributed by atoms with Crippen molar-refractivity contribution in [2.45, 2.75) is 32.0 Å². The minimum atomic E-state index is 0.0830. The number of hydrogen-bond acceptors (Lipinski definition) is 4. The number of aromatic nitrogens is 2. The minimum Gasteiger partial charge on any atom is -0.493 e. The smallest absolute Gasteiger partial charge is 0.329 e. The number of ether oxygens (including phenoxy) is 2. The van der Waals surface area contributed by atoms with Crippen molar-refractivity contribution in [3.63, 3.8) is 0 Å². The van der Waals surface area contributed by atoms with Crippen molar-refractivity contribution in [2.75, 3.05) is 20.2 Å². The summed E-state index contributed by atoms with van der Waals surface area (Å²) in [5.41, 5.74) is 4.45. The van der Waals surface area contributed by atoms with Gasteiger partial charge in [0.2, 0.25) is 0 Å². The number of fused-ring (bicyclic) bond motifs is 1. The molecule has 0 spiro atoms. The maximum Gasteiger partial charge on any atom is 0.329 e. The van der Waals surface area contributed by atoms with E-state index in [0.29, 0.717) is 18.0 Å². The summed E-state index contributed by atoms with van der Waals surface area (Å²) in [6.45, 7) is 3.31. The summed E-state index contributed by atoms with van der Waals surface area (Å²) in [7, 11) is 1.65. The second-order valence-corrected chi connectivity index (χ2v) is 10.1. The molecule has 6 nitrogen and oxygen atoms in total. The summed E-state index contributed by atoms with van der Waals surface area (Å²) in [5, 5.41) is 0. The maximum atomic E-state index is 13.7. The topological polar surface area (TPSA) is 48.6 Å². The van der Waals surface area contributed by atoms with E-state index in [1.54, 1.807) is 7.11 Å². The Morgan fingerprint density at radius 1 is 0.718 bits per heavy atom. The number of methoxy groups -OCH3 is 1. The summed E-state index contributed by atoms with van der Waals surface area (Å²) in [6.07, 6.45) is 1.88. The average Bonchev–Trinajstić information content (AvgIpc) is 3.25. The first-order chi connectivity index (χ1) is 19.2. The van der Waals surface area contributed by atoms with E-state index in [4.69, 9.17) is 9.47 Å². The largest absolute Gasteiger partial charge is 0.493 e. The Hall–Kier alpha value is -4.29. The highest BCUT2D eigenvalue weighted by atomic mass is 16.5. The van der Waals surface area contributed by atoms with Crippen molar-refractivity contribution in [2.24, 2.45) is 0 Å². The van der Waals surface area contributed by atoms with Gasteiger partial charge in [-0.15, -0.1) is 0 Å². The second kappa shape index (κ2) is 11.2. The van der Waals surface area contributed by atoms with E-state index in [0.717, 1.165) is 54.8 Å². The molecule has 0 bridgehead atoms. The zero-order valence-corrected chi connectivity index (χ0v) is 22.2. The summed E-state index contributed by atoms with van der Waals surface area (Å²) >= 11 is 0. The minimum absolute atomic E-state index is 0.0830. The first-order valence-corrected chi connectivity index (χ1v) is 13.6. The van der Waals surface area contributed by atoms with Crippen LogP contribution >= 0.6 is 0 Å². The highest BCUT2D eigenvalue weighted by Gasteiger charge is 2.25. The molecule has 1 aliphatic heterocycles. The normalized spacial score (nSPS) is 14.5. The highest BCUT2D eigenvalue weighted by Crippen LogP contribution is 2.32. The Morgan fingerprint density at radius 3 is 2.15 bits per heavy atom. The van der Waals surface area contributed by atoms with Crippen molar-refractivity contribution in [3.05, 3.63) is 125 Å². The van der Waals surface area contributed by atoms with E-state index >= 15 is 0 Å². The quantitative estimate of drug-likeness (QED) is 0.235. The summed E-state index contributed by atoms with van der Waals surface area (Å²) in [5.74, 6) is 2.21. The number of piperidine rings is 1. The first kappa shape index (κ1) is 25.0. The second-order valence-electron chi connectivity index (χ2n) is 10.1. The third-order valence-electron chi connectivity index (χ3n) is 7.58. The van der Waals surface area contributed by atoms with Crippen LogP contribution in [0.2, 0.25) is 0 Å². The molecule has 5 aromatic rings. The molecule has 39 heavy (non-hydrogen) atoms. The zero-order valence-electron chi connectivity index (χ0n) is 22.2. The lowest BCUT2D eigenvalue weighted by molar-refractivity contribution is 0.179. The van der Waals surface area contributed by atoms with E-state index < -0.39 is 0 Å². The molecule has 6 heteroatoms. The van der Waals surface area contributed by atoms with Gasteiger partial charge in [-0.2, -0.15) is 0 Å². The molecule has 0 radical (unpaired) electrons. The lowest BCUT2D eigenvalue weighted by Crippen LogP contribution is -2.37. The van der Waals surface area contributed by atoms with Crippen LogP contribution in [0, 0.1) is 0 Å². The molecular formula is C33H33N3O3. The predicted octanol–water partition coefficient (Wildman–Crippen LogP) is 6.49. The van der Waals surface area contributed by atoms with E-state index in [2.05, 4.69) is 41.3 Å². The Kier molecular flexibility index (Phi) is 7.19. The van der Waals surface area contributed by atoms with E-state index in [9.17, 15) is 4.79 Å². The third-order valence-corrected chi connectivity index (χ3v) is 7.58. The molecule has 6 rings (SSSR count). The molecule has 1 saturated heterocycles. The fraction of sp³-hybridized carbons (Fsp3) is 0.242. The van der Waals surface area contributed by atoms with Gasteiger partial charge in [0.05, 0.1) is 24.7 Å². The molecule has 0 atom stereocenters. The Morgan fingerprint density at radius 2 is 1.38 bits per heavy atom. The van der Waals surface area contributed by atoms with Crippen LogP contribution in [0.5, 0.6) is 17.2 Å². The highest BCUT2D eigenvalue weighted by molar-refractivity contribution is 5.76. The fourth-order valence-electron chi connectivity index (χ4n) is 5.64. The van der Waals surface area contributed by atoms with Crippen LogP contribution < -0.4 is 15.2 Å². The molecule has 1 fully saturated rings. The van der Waals surface area contributed by atoms with E-state index in [1.807, 2.05) is 75.9 Å². The van der Waals surface area contributed by atoms with Crippen LogP contribution in [0.4, 0.5) is 0 Å². The lowest BCUT2D eigenvalue weighted by Gasteiger charge is -2.32. The van der Waals surface area contributed by atoms with Gasteiger partial charge >= 0.3 is 5.69 Å². The van der Waals surface area contributed by atoms with Crippen LogP contribution in [0.3, 0.4) is 0 Å². The van der Waals surface area contributed by atoms with Gasteiger partial charge in [-0.05, 0) is 60.4 Å². The average molecular weight is 520 g/mol. The van der Waals surface area contributed by atoms with Crippen molar-refractivity contribution < 1.29 is 9.47 Å². The number of imidazole rings is 1. The Balaban J connectivity index is 1.15. The summed E-state index contributed by atoms with van der Waals surface area (Å²) < 4.78 is 15.5. The number of likely N-dealkylation sites (tertiary alicyclic amines) is 1. The van der Waals surface area contributed by atoms with Crippen LogP contribution in [0.1, 0.15) is 30.0 Å². The summed E-state index contributed by atoms with van der Waals surface area (Å²) in [4.78, 5) is 16.2. The van der Waals surface area contributed by atoms with Crippen LogP contribution in [0.15, 0.2) is 108 Å². The van der Waals surface area contributed by atoms with Gasteiger partial charge in [0.1, 0.15) is 5.75 Å². The Labute approximate surface area is 228 Å². The molecule has 2 heterocycles. The third kappa shape index (κ3) is 5.33. The van der Waals surface area contributed by atoms with Crippen LogP contribution in [0.25, 0.3) is 11.0 Å². The van der Waals surface area contributed by atoms with Crippen LogP contribution in [-0.2, 0) is 13.1 Å². The molecular weight excluding hydrogens is 486 g/mol. The van der Waals surface area contributed by atoms with Crippen LogP contribution in [-0.4, -0.2) is 34.2 Å². The number of benzene rings is 4. The van der Waals surface area contributed by atoms with Crippen molar-refractivity contribution in [1.29, 1.82) is 0 Å². The predicted molar refractivity (Wildman–Crippen MR) is 155 cm³/mol. The Bertz CT molecular complexity index is 1610. The molecule has 4 aromatic carbocycles. The summed E-state index contributed by atoms with van der Waals surface area (Å²) in [6, 6.07) is 34.5. The molecule has 0 N–H and O–H groups in total. The van der Waals surface area contributed by atoms with Gasteiger partial charge in [-0.3, -0.25) is 14.0 Å². The zero-order chi connectivity index (χ0) is 26.6. The lowest BCUT2D eigenvalue weighted by atomic mass is 10.0. The molecule has 0 saturated carbocycles. The number of hydrogen-bond donors (Lipinski definition) is 0. The molecule has 0 aliphatic carbocycles. The monoisotopic (exact) mass is 519 g/mol. The molecule has 1 aliphatic rings. The van der Waals surface area contributed by atoms with Gasteiger partial charge in [0, 0.05) is 25.7 Å². The molecule has 0 unspecified atom stereocenters. The van der Waals surface area contributed by atoms with E-state index in [1.165, 1.54) is 5.56 Å². The van der Waals surface area contributed by atoms with E-state index in [-0.39, 0.29) is 11.7 Å². The van der Waals surface area contributed by atoms with Gasteiger partial charge in [0.15, 0.2) is 11.5 Å². The molecule has 198 valence electrons. The first-order valence-electron chi connectivity index (χ1n) is 13.6. The number of rotatable bonds is 8.